The summed E-state index contributed by atoms with van der Waals surface area (Å²) in [5, 5.41) is 15.7. The smallest absolute Gasteiger partial charge is 0.0706 e. The van der Waals surface area contributed by atoms with Crippen molar-refractivity contribution >= 4 is 17.1 Å². The van der Waals surface area contributed by atoms with Crippen molar-refractivity contribution in [3.05, 3.63) is 65.6 Å². The molecule has 1 atom stereocenters. The topological polar surface area (TPSA) is 90.1 Å². The first kappa shape index (κ1) is 23.8. The van der Waals surface area contributed by atoms with Gasteiger partial charge in [0.2, 0.25) is 0 Å². The average Bonchev–Trinajstić information content (AvgIpc) is 2.77. The molecule has 1 aromatic carbocycles. The van der Waals surface area contributed by atoms with Gasteiger partial charge < -0.3 is 21.3 Å². The number of aryl methyl sites for hydroxylation is 1. The van der Waals surface area contributed by atoms with E-state index in [-0.39, 0.29) is 0 Å². The molecule has 3 rings (SSSR count). The average molecular weight is 435 g/mol. The second kappa shape index (κ2) is 11.1. The first-order valence-corrected chi connectivity index (χ1v) is 11.6. The van der Waals surface area contributed by atoms with Gasteiger partial charge in [0.1, 0.15) is 0 Å². The number of piperidine rings is 1. The van der Waals surface area contributed by atoms with Crippen molar-refractivity contribution in [2.75, 3.05) is 30.7 Å². The van der Waals surface area contributed by atoms with Crippen molar-refractivity contribution in [2.24, 2.45) is 5.92 Å². The Morgan fingerprint density at radius 2 is 2.19 bits per heavy atom. The standard InChI is InChI=1S/C26H38N6/c1-5-29-16-21-14-23(26(28)20-8-10-30-19(4)13-20)24(27)15-25(21)31-22-7-6-11-32(17-22)12-9-18(2)3/h5,8,10,13-15,18,22,28-29,31H,1,6-7,9,11-12,16-17,27H2,2-4H3. The van der Waals surface area contributed by atoms with Gasteiger partial charge >= 0.3 is 0 Å². The van der Waals surface area contributed by atoms with Gasteiger partial charge in [0.15, 0.2) is 0 Å². The fourth-order valence-electron chi connectivity index (χ4n) is 4.23. The van der Waals surface area contributed by atoms with Gasteiger partial charge in [-0.05, 0) is 81.2 Å². The molecular formula is C26H38N6. The highest BCUT2D eigenvalue weighted by molar-refractivity contribution is 6.14. The Bertz CT molecular complexity index is 936. The lowest BCUT2D eigenvalue weighted by atomic mass is 9.97. The van der Waals surface area contributed by atoms with Crippen molar-refractivity contribution in [1.29, 1.82) is 5.41 Å². The second-order valence-electron chi connectivity index (χ2n) is 9.21. The molecular weight excluding hydrogens is 396 g/mol. The summed E-state index contributed by atoms with van der Waals surface area (Å²) >= 11 is 0. The van der Waals surface area contributed by atoms with Gasteiger partial charge in [-0.2, -0.15) is 0 Å². The maximum Gasteiger partial charge on any atom is 0.0706 e. The lowest BCUT2D eigenvalue weighted by Crippen LogP contribution is -2.42. The quantitative estimate of drug-likeness (QED) is 0.325. The van der Waals surface area contributed by atoms with E-state index in [1.165, 1.54) is 19.4 Å². The molecule has 0 saturated carbocycles. The molecule has 0 aliphatic carbocycles. The summed E-state index contributed by atoms with van der Waals surface area (Å²) in [6, 6.07) is 8.20. The number of nitrogen functional groups attached to an aromatic ring is 1. The van der Waals surface area contributed by atoms with E-state index >= 15 is 0 Å². The predicted octanol–water partition coefficient (Wildman–Crippen LogP) is 4.54. The highest BCUT2D eigenvalue weighted by atomic mass is 15.2. The lowest BCUT2D eigenvalue weighted by molar-refractivity contribution is 0.206. The van der Waals surface area contributed by atoms with Crippen molar-refractivity contribution in [2.45, 2.75) is 52.6 Å². The first-order valence-electron chi connectivity index (χ1n) is 11.6. The molecule has 0 spiro atoms. The number of nitrogens with one attached hydrogen (secondary N) is 3. The van der Waals surface area contributed by atoms with E-state index < -0.39 is 0 Å². The highest BCUT2D eigenvalue weighted by Gasteiger charge is 2.21. The summed E-state index contributed by atoms with van der Waals surface area (Å²) < 4.78 is 0. The highest BCUT2D eigenvalue weighted by Crippen LogP contribution is 2.28. The summed E-state index contributed by atoms with van der Waals surface area (Å²) in [6.07, 6.45) is 7.03. The van der Waals surface area contributed by atoms with Gasteiger partial charge in [0.25, 0.3) is 0 Å². The number of rotatable bonds is 10. The summed E-state index contributed by atoms with van der Waals surface area (Å²) in [6.45, 7) is 14.3. The van der Waals surface area contributed by atoms with Crippen molar-refractivity contribution in [3.8, 4) is 0 Å². The lowest BCUT2D eigenvalue weighted by Gasteiger charge is -2.34. The summed E-state index contributed by atoms with van der Waals surface area (Å²) in [5.41, 5.74) is 12.1. The number of nitrogens with two attached hydrogens (primary N) is 1. The minimum Gasteiger partial charge on any atom is -0.398 e. The van der Waals surface area contributed by atoms with Crippen LogP contribution in [-0.2, 0) is 6.54 Å². The van der Waals surface area contributed by atoms with E-state index in [2.05, 4.69) is 40.9 Å². The van der Waals surface area contributed by atoms with Crippen LogP contribution < -0.4 is 16.4 Å². The minimum atomic E-state index is 0.394. The zero-order valence-electron chi connectivity index (χ0n) is 19.7. The van der Waals surface area contributed by atoms with Gasteiger partial charge in [-0.25, -0.2) is 0 Å². The molecule has 2 heterocycles. The third-order valence-electron chi connectivity index (χ3n) is 6.05. The molecule has 6 nitrogen and oxygen atoms in total. The number of hydrogen-bond acceptors (Lipinski definition) is 6. The number of nitrogens with zero attached hydrogens (tertiary/aromatic N) is 2. The Balaban J connectivity index is 1.81. The van der Waals surface area contributed by atoms with Gasteiger partial charge in [-0.3, -0.25) is 10.4 Å². The molecule has 5 N–H and O–H groups in total. The van der Waals surface area contributed by atoms with E-state index in [9.17, 15) is 0 Å². The Morgan fingerprint density at radius 1 is 1.38 bits per heavy atom. The second-order valence-corrected chi connectivity index (χ2v) is 9.21. The van der Waals surface area contributed by atoms with Crippen LogP contribution in [-0.4, -0.2) is 41.3 Å². The maximum absolute atomic E-state index is 8.74. The number of hydrogen-bond donors (Lipinski definition) is 4. The van der Waals surface area contributed by atoms with Crippen LogP contribution in [0.25, 0.3) is 0 Å². The van der Waals surface area contributed by atoms with Gasteiger partial charge in [0, 0.05) is 53.5 Å². The maximum atomic E-state index is 8.74. The Morgan fingerprint density at radius 3 is 2.91 bits per heavy atom. The predicted molar refractivity (Wildman–Crippen MR) is 135 cm³/mol. The Kier molecular flexibility index (Phi) is 8.28. The third kappa shape index (κ3) is 6.33. The fourth-order valence-corrected chi connectivity index (χ4v) is 4.23. The molecule has 1 saturated heterocycles. The van der Waals surface area contributed by atoms with Crippen LogP contribution in [0.15, 0.2) is 43.2 Å². The molecule has 1 aliphatic rings. The zero-order chi connectivity index (χ0) is 23.1. The molecule has 1 aromatic heterocycles. The monoisotopic (exact) mass is 434 g/mol. The van der Waals surface area contributed by atoms with E-state index in [1.54, 1.807) is 12.4 Å². The van der Waals surface area contributed by atoms with Crippen molar-refractivity contribution in [3.63, 3.8) is 0 Å². The normalized spacial score (nSPS) is 16.7. The summed E-state index contributed by atoms with van der Waals surface area (Å²) in [4.78, 5) is 6.81. The summed E-state index contributed by atoms with van der Waals surface area (Å²) in [5.74, 6) is 0.728. The van der Waals surface area contributed by atoms with Gasteiger partial charge in [-0.15, -0.1) is 0 Å². The number of likely N-dealkylation sites (tertiary alicyclic amines) is 1. The fraction of sp³-hybridized carbons (Fsp3) is 0.462. The number of pyridine rings is 1. The molecule has 0 radical (unpaired) electrons. The number of anilines is 2. The molecule has 0 amide bonds. The number of benzene rings is 1. The molecule has 32 heavy (non-hydrogen) atoms. The minimum absolute atomic E-state index is 0.394. The van der Waals surface area contributed by atoms with Crippen LogP contribution in [0.1, 0.15) is 55.5 Å². The molecule has 2 aromatic rings. The first-order chi connectivity index (χ1) is 15.4. The SMILES string of the molecule is C=CNCc1cc(C(=N)c2ccnc(C)c2)c(N)cc1NC1CCCN(CCC(C)C)C1. The molecule has 6 heteroatoms. The number of aromatic nitrogens is 1. The Hall–Kier alpha value is -2.86. The third-order valence-corrected chi connectivity index (χ3v) is 6.05. The molecule has 172 valence electrons. The van der Waals surface area contributed by atoms with Crippen LogP contribution in [0.3, 0.4) is 0 Å². The zero-order valence-corrected chi connectivity index (χ0v) is 19.7. The van der Waals surface area contributed by atoms with E-state index in [0.29, 0.717) is 24.0 Å². The molecule has 1 fully saturated rings. The largest absolute Gasteiger partial charge is 0.398 e. The van der Waals surface area contributed by atoms with Gasteiger partial charge in [-0.1, -0.05) is 20.4 Å². The van der Waals surface area contributed by atoms with Crippen LogP contribution in [0.5, 0.6) is 0 Å². The Labute approximate surface area is 192 Å². The van der Waals surface area contributed by atoms with Crippen LogP contribution in [0.2, 0.25) is 0 Å². The van der Waals surface area contributed by atoms with Crippen molar-refractivity contribution < 1.29 is 0 Å². The molecule has 1 aliphatic heterocycles. The van der Waals surface area contributed by atoms with Crippen molar-refractivity contribution in [1.82, 2.24) is 15.2 Å². The summed E-state index contributed by atoms with van der Waals surface area (Å²) in [7, 11) is 0. The van der Waals surface area contributed by atoms with Gasteiger partial charge in [0.05, 0.1) is 5.71 Å². The van der Waals surface area contributed by atoms with Crippen LogP contribution in [0.4, 0.5) is 11.4 Å². The molecule has 0 bridgehead atoms. The van der Waals surface area contributed by atoms with Crippen LogP contribution >= 0.6 is 0 Å². The van der Waals surface area contributed by atoms with E-state index in [4.69, 9.17) is 11.1 Å². The van der Waals surface area contributed by atoms with E-state index in [1.807, 2.05) is 31.2 Å². The van der Waals surface area contributed by atoms with Crippen LogP contribution in [0, 0.1) is 18.3 Å². The van der Waals surface area contributed by atoms with E-state index in [0.717, 1.165) is 53.5 Å². The molecule has 1 unspecified atom stereocenters.